The number of alkyl halides is 2. The number of pyridine rings is 1. The van der Waals surface area contributed by atoms with Gasteiger partial charge in [0, 0.05) is 37.5 Å². The van der Waals surface area contributed by atoms with Crippen LogP contribution in [0.1, 0.15) is 75.7 Å². The van der Waals surface area contributed by atoms with Crippen LogP contribution in [0.3, 0.4) is 0 Å². The predicted molar refractivity (Wildman–Crippen MR) is 115 cm³/mol. The Morgan fingerprint density at radius 1 is 1.40 bits per heavy atom. The molecule has 1 aromatic heterocycles. The molecule has 0 spiro atoms. The van der Waals surface area contributed by atoms with E-state index in [4.69, 9.17) is 10.5 Å². The van der Waals surface area contributed by atoms with E-state index in [1.165, 1.54) is 12.1 Å². The third-order valence-corrected chi connectivity index (χ3v) is 5.31. The third-order valence-electron chi connectivity index (χ3n) is 5.31. The van der Waals surface area contributed by atoms with Crippen LogP contribution in [0.5, 0.6) is 0 Å². The second kappa shape index (κ2) is 10.8. The van der Waals surface area contributed by atoms with E-state index in [-0.39, 0.29) is 29.3 Å². The van der Waals surface area contributed by atoms with E-state index in [1.807, 2.05) is 0 Å². The van der Waals surface area contributed by atoms with E-state index < -0.39 is 5.92 Å². The van der Waals surface area contributed by atoms with Gasteiger partial charge in [-0.15, -0.1) is 6.58 Å². The van der Waals surface area contributed by atoms with Gasteiger partial charge in [-0.1, -0.05) is 19.9 Å². The van der Waals surface area contributed by atoms with Gasteiger partial charge >= 0.3 is 0 Å². The molecule has 2 N–H and O–H groups in total. The van der Waals surface area contributed by atoms with E-state index in [0.29, 0.717) is 62.5 Å². The van der Waals surface area contributed by atoms with E-state index in [9.17, 15) is 13.6 Å². The Balaban J connectivity index is 2.39. The molecule has 1 amide bonds. The number of halogens is 2. The number of amidine groups is 1. The highest BCUT2D eigenvalue weighted by Gasteiger charge is 2.30. The summed E-state index contributed by atoms with van der Waals surface area (Å²) < 4.78 is 33.1. The number of nitrogens with two attached hydrogens (primary N) is 1. The summed E-state index contributed by atoms with van der Waals surface area (Å²) in [6.45, 7) is 9.71. The Labute approximate surface area is 177 Å². The smallest absolute Gasteiger partial charge is 0.286 e. The van der Waals surface area contributed by atoms with Gasteiger partial charge < -0.3 is 10.5 Å². The molecule has 2 heterocycles. The normalized spacial score (nSPS) is 17.2. The second-order valence-corrected chi connectivity index (χ2v) is 8.43. The topological polar surface area (TPSA) is 77.6 Å². The Morgan fingerprint density at radius 2 is 2.07 bits per heavy atom. The zero-order valence-electron chi connectivity index (χ0n) is 18.2. The summed E-state index contributed by atoms with van der Waals surface area (Å²) in [6.07, 6.45) is 5.18. The molecule has 0 aliphatic carbocycles. The molecule has 0 saturated carbocycles. The fraction of sp³-hybridized carbons (Fsp3) is 0.609. The first-order chi connectivity index (χ1) is 14.1. The molecule has 1 fully saturated rings. The van der Waals surface area contributed by atoms with Crippen molar-refractivity contribution in [2.24, 2.45) is 22.6 Å². The van der Waals surface area contributed by atoms with Crippen molar-refractivity contribution < 1.29 is 18.3 Å². The van der Waals surface area contributed by atoms with Crippen molar-refractivity contribution in [3.05, 3.63) is 41.7 Å². The van der Waals surface area contributed by atoms with E-state index in [2.05, 4.69) is 30.4 Å². The number of carbonyl (C=O) groups is 1. The molecule has 166 valence electrons. The minimum atomic E-state index is -3.06. The van der Waals surface area contributed by atoms with Gasteiger partial charge in [-0.05, 0) is 50.2 Å². The van der Waals surface area contributed by atoms with Crippen molar-refractivity contribution in [1.82, 2.24) is 4.98 Å². The van der Waals surface area contributed by atoms with Crippen molar-refractivity contribution in [1.29, 1.82) is 0 Å². The van der Waals surface area contributed by atoms with Crippen LogP contribution in [-0.2, 0) is 15.5 Å². The molecule has 0 radical (unpaired) electrons. The van der Waals surface area contributed by atoms with Gasteiger partial charge in [0.25, 0.3) is 11.8 Å². The molecule has 1 saturated heterocycles. The predicted octanol–water partition coefficient (Wildman–Crippen LogP) is 4.95. The fourth-order valence-corrected chi connectivity index (χ4v) is 3.72. The van der Waals surface area contributed by atoms with Crippen LogP contribution in [0.4, 0.5) is 8.78 Å². The summed E-state index contributed by atoms with van der Waals surface area (Å²) in [5.74, 6) is -3.29. The SMILES string of the molecule is C=CCC[C@@H](CC(C)C)C(=O)N=C(N)c1ccc(C(C)(F)F)nc1C1CCOCC1. The lowest BCUT2D eigenvalue weighted by Crippen LogP contribution is -2.26. The van der Waals surface area contributed by atoms with Crippen LogP contribution in [0.25, 0.3) is 0 Å². The molecule has 0 bridgehead atoms. The lowest BCUT2D eigenvalue weighted by Gasteiger charge is -2.25. The van der Waals surface area contributed by atoms with Crippen molar-refractivity contribution in [2.75, 3.05) is 13.2 Å². The highest BCUT2D eigenvalue weighted by Crippen LogP contribution is 2.32. The molecule has 1 aromatic rings. The average molecular weight is 422 g/mol. The summed E-state index contributed by atoms with van der Waals surface area (Å²) >= 11 is 0. The molecule has 7 heteroatoms. The number of amides is 1. The number of aromatic nitrogens is 1. The molecule has 1 aliphatic heterocycles. The molecular weight excluding hydrogens is 388 g/mol. The van der Waals surface area contributed by atoms with Crippen molar-refractivity contribution in [3.63, 3.8) is 0 Å². The van der Waals surface area contributed by atoms with E-state index in [0.717, 1.165) is 6.92 Å². The number of hydrogen-bond acceptors (Lipinski definition) is 3. The molecule has 30 heavy (non-hydrogen) atoms. The van der Waals surface area contributed by atoms with Gasteiger partial charge in [0.1, 0.15) is 11.5 Å². The van der Waals surface area contributed by atoms with Gasteiger partial charge in [0.05, 0.1) is 5.69 Å². The number of aliphatic imine (C=N–C) groups is 1. The number of allylic oxidation sites excluding steroid dienone is 1. The number of hydrogen-bond donors (Lipinski definition) is 1. The maximum absolute atomic E-state index is 13.9. The molecule has 5 nitrogen and oxygen atoms in total. The molecule has 0 unspecified atom stereocenters. The maximum Gasteiger partial charge on any atom is 0.286 e. The van der Waals surface area contributed by atoms with Gasteiger partial charge in [-0.2, -0.15) is 13.8 Å². The number of ether oxygens (including phenoxy) is 1. The number of carbonyl (C=O) groups excluding carboxylic acids is 1. The monoisotopic (exact) mass is 421 g/mol. The highest BCUT2D eigenvalue weighted by atomic mass is 19.3. The van der Waals surface area contributed by atoms with Crippen LogP contribution in [0.15, 0.2) is 29.8 Å². The first-order valence-corrected chi connectivity index (χ1v) is 10.6. The summed E-state index contributed by atoms with van der Waals surface area (Å²) in [6, 6.07) is 2.77. The quantitative estimate of drug-likeness (QED) is 0.348. The first kappa shape index (κ1) is 24.1. The zero-order chi connectivity index (χ0) is 22.3. The minimum absolute atomic E-state index is 0.0346. The number of nitrogens with zero attached hydrogens (tertiary/aromatic N) is 2. The maximum atomic E-state index is 13.9. The largest absolute Gasteiger partial charge is 0.383 e. The summed E-state index contributed by atoms with van der Waals surface area (Å²) in [5, 5.41) is 0. The lowest BCUT2D eigenvalue weighted by molar-refractivity contribution is -0.122. The summed E-state index contributed by atoms with van der Waals surface area (Å²) in [5.41, 5.74) is 6.82. The Kier molecular flexibility index (Phi) is 8.65. The van der Waals surface area contributed by atoms with Crippen molar-refractivity contribution in [3.8, 4) is 0 Å². The molecule has 2 rings (SSSR count). The van der Waals surface area contributed by atoms with Crippen LogP contribution >= 0.6 is 0 Å². The third kappa shape index (κ3) is 6.69. The van der Waals surface area contributed by atoms with E-state index in [1.54, 1.807) is 6.08 Å². The second-order valence-electron chi connectivity index (χ2n) is 8.43. The fourth-order valence-electron chi connectivity index (χ4n) is 3.72. The number of rotatable bonds is 9. The lowest BCUT2D eigenvalue weighted by atomic mass is 9.91. The molecule has 1 aliphatic rings. The van der Waals surface area contributed by atoms with Crippen molar-refractivity contribution in [2.45, 2.75) is 64.7 Å². The van der Waals surface area contributed by atoms with Crippen molar-refractivity contribution >= 4 is 11.7 Å². The summed E-state index contributed by atoms with van der Waals surface area (Å²) in [4.78, 5) is 21.2. The van der Waals surface area contributed by atoms with Crippen LogP contribution in [0, 0.1) is 11.8 Å². The van der Waals surface area contributed by atoms with Crippen LogP contribution < -0.4 is 5.73 Å². The Hall–Kier alpha value is -2.15. The Bertz CT molecular complexity index is 766. The van der Waals surface area contributed by atoms with E-state index >= 15 is 0 Å². The minimum Gasteiger partial charge on any atom is -0.383 e. The first-order valence-electron chi connectivity index (χ1n) is 10.6. The Morgan fingerprint density at radius 3 is 2.63 bits per heavy atom. The highest BCUT2D eigenvalue weighted by molar-refractivity contribution is 6.05. The van der Waals surface area contributed by atoms with Gasteiger partial charge in [-0.3, -0.25) is 9.78 Å². The van der Waals surface area contributed by atoms with Crippen LogP contribution in [-0.4, -0.2) is 29.9 Å². The molecule has 1 atom stereocenters. The van der Waals surface area contributed by atoms with Gasteiger partial charge in [0.2, 0.25) is 0 Å². The zero-order valence-corrected chi connectivity index (χ0v) is 18.2. The van der Waals surface area contributed by atoms with Crippen LogP contribution in [0.2, 0.25) is 0 Å². The summed E-state index contributed by atoms with van der Waals surface area (Å²) in [7, 11) is 0. The molecular formula is C23H33F2N3O2. The van der Waals surface area contributed by atoms with Gasteiger partial charge in [-0.25, -0.2) is 0 Å². The standard InChI is InChI=1S/C23H33F2N3O2/c1-5-6-7-17(14-15(2)3)22(29)28-21(26)18-8-9-19(23(4,24)25)27-20(18)16-10-12-30-13-11-16/h5,8-9,15-17H,1,6-7,10-14H2,2-4H3,(H2,26,28,29)/t17-/m0/s1. The van der Waals surface area contributed by atoms with Gasteiger partial charge in [0.15, 0.2) is 0 Å². The molecule has 0 aromatic carbocycles. The average Bonchev–Trinajstić information content (AvgIpc) is 2.70.